The molecular formula is C17H14O2S. The molecule has 1 aliphatic rings. The van der Waals surface area contributed by atoms with Gasteiger partial charge in [-0.05, 0) is 65.6 Å². The highest BCUT2D eigenvalue weighted by atomic mass is 32.1. The Hall–Kier alpha value is -2.13. The summed E-state index contributed by atoms with van der Waals surface area (Å²) in [4.78, 5) is 11.9. The Balaban J connectivity index is 1.96. The van der Waals surface area contributed by atoms with Crippen molar-refractivity contribution in [1.29, 1.82) is 0 Å². The second-order valence-corrected chi connectivity index (χ2v) is 5.63. The van der Waals surface area contributed by atoms with E-state index in [1.165, 1.54) is 11.1 Å². The predicted molar refractivity (Wildman–Crippen MR) is 82.3 cm³/mol. The van der Waals surface area contributed by atoms with Crippen LogP contribution in [-0.4, -0.2) is 5.97 Å². The van der Waals surface area contributed by atoms with Crippen molar-refractivity contribution in [2.45, 2.75) is 13.8 Å². The fraction of sp³-hybridized carbons (Fsp3) is 0.118. The van der Waals surface area contributed by atoms with Crippen molar-refractivity contribution in [2.75, 3.05) is 0 Å². The summed E-state index contributed by atoms with van der Waals surface area (Å²) >= 11 is 1.61. The van der Waals surface area contributed by atoms with E-state index in [4.69, 9.17) is 4.74 Å². The quantitative estimate of drug-likeness (QED) is 0.605. The average Bonchev–Trinajstić information content (AvgIpc) is 3.04. The molecule has 0 bridgehead atoms. The number of aryl methyl sites for hydroxylation is 2. The van der Waals surface area contributed by atoms with Gasteiger partial charge in [-0.25, -0.2) is 4.79 Å². The Labute approximate surface area is 122 Å². The van der Waals surface area contributed by atoms with E-state index in [-0.39, 0.29) is 5.97 Å². The molecule has 2 nitrogen and oxygen atoms in total. The van der Waals surface area contributed by atoms with Crippen molar-refractivity contribution in [3.8, 4) is 0 Å². The Bertz CT molecular complexity index is 721. The van der Waals surface area contributed by atoms with Gasteiger partial charge in [0.1, 0.15) is 5.76 Å². The van der Waals surface area contributed by atoms with E-state index < -0.39 is 0 Å². The number of carbonyl (C=O) groups is 1. The van der Waals surface area contributed by atoms with Crippen LogP contribution in [0.1, 0.15) is 22.3 Å². The number of benzene rings is 1. The molecule has 0 atom stereocenters. The lowest BCUT2D eigenvalue weighted by molar-refractivity contribution is -0.130. The van der Waals surface area contributed by atoms with Crippen molar-refractivity contribution in [1.82, 2.24) is 0 Å². The van der Waals surface area contributed by atoms with Gasteiger partial charge in [-0.3, -0.25) is 0 Å². The van der Waals surface area contributed by atoms with Crippen LogP contribution in [-0.2, 0) is 9.53 Å². The molecule has 1 aromatic carbocycles. The second-order valence-electron chi connectivity index (χ2n) is 4.85. The molecule has 100 valence electrons. The molecular weight excluding hydrogens is 268 g/mol. The molecule has 0 saturated heterocycles. The molecule has 3 heteroatoms. The number of carbonyl (C=O) groups excluding carboxylic acids is 1. The zero-order chi connectivity index (χ0) is 14.1. The van der Waals surface area contributed by atoms with Gasteiger partial charge in [0.25, 0.3) is 0 Å². The Morgan fingerprint density at radius 1 is 1.15 bits per heavy atom. The van der Waals surface area contributed by atoms with E-state index >= 15 is 0 Å². The smallest absolute Gasteiger partial charge is 0.343 e. The van der Waals surface area contributed by atoms with Crippen molar-refractivity contribution in [2.24, 2.45) is 0 Å². The first-order chi connectivity index (χ1) is 9.63. The van der Waals surface area contributed by atoms with Crippen LogP contribution in [0.4, 0.5) is 0 Å². The molecule has 0 radical (unpaired) electrons. The van der Waals surface area contributed by atoms with Crippen LogP contribution in [0, 0.1) is 13.8 Å². The van der Waals surface area contributed by atoms with Gasteiger partial charge in [-0.2, -0.15) is 11.3 Å². The van der Waals surface area contributed by atoms with Crippen molar-refractivity contribution in [3.63, 3.8) is 0 Å². The number of hydrogen-bond donors (Lipinski definition) is 0. The topological polar surface area (TPSA) is 26.3 Å². The summed E-state index contributed by atoms with van der Waals surface area (Å²) < 4.78 is 5.36. The Morgan fingerprint density at radius 2 is 2.00 bits per heavy atom. The first-order valence-electron chi connectivity index (χ1n) is 6.39. The molecule has 0 saturated carbocycles. The fourth-order valence-corrected chi connectivity index (χ4v) is 2.68. The summed E-state index contributed by atoms with van der Waals surface area (Å²) in [5, 5.41) is 3.99. The van der Waals surface area contributed by atoms with Crippen molar-refractivity contribution in [3.05, 3.63) is 68.9 Å². The van der Waals surface area contributed by atoms with Crippen molar-refractivity contribution < 1.29 is 9.53 Å². The summed E-state index contributed by atoms with van der Waals surface area (Å²) in [6, 6.07) is 8.05. The van der Waals surface area contributed by atoms with Crippen LogP contribution in [0.2, 0.25) is 0 Å². The molecule has 0 N–H and O–H groups in total. The molecule has 0 unspecified atom stereocenters. The van der Waals surface area contributed by atoms with Gasteiger partial charge in [0.2, 0.25) is 0 Å². The zero-order valence-electron chi connectivity index (χ0n) is 11.3. The van der Waals surface area contributed by atoms with Crippen LogP contribution in [0.15, 0.2) is 46.7 Å². The summed E-state index contributed by atoms with van der Waals surface area (Å²) in [6.45, 7) is 4.12. The van der Waals surface area contributed by atoms with Gasteiger partial charge >= 0.3 is 5.97 Å². The summed E-state index contributed by atoms with van der Waals surface area (Å²) in [5.74, 6) is 0.337. The van der Waals surface area contributed by atoms with Gasteiger partial charge in [-0.15, -0.1) is 0 Å². The van der Waals surface area contributed by atoms with E-state index in [1.54, 1.807) is 11.3 Å². The third kappa shape index (κ3) is 2.45. The molecule has 1 aliphatic heterocycles. The minimum Gasteiger partial charge on any atom is -0.422 e. The maximum atomic E-state index is 11.9. The highest BCUT2D eigenvalue weighted by Crippen LogP contribution is 2.28. The molecule has 2 heterocycles. The average molecular weight is 282 g/mol. The number of hydrogen-bond acceptors (Lipinski definition) is 3. The first-order valence-corrected chi connectivity index (χ1v) is 7.33. The molecule has 0 spiro atoms. The third-order valence-electron chi connectivity index (χ3n) is 3.38. The van der Waals surface area contributed by atoms with Crippen molar-refractivity contribution >= 4 is 29.1 Å². The number of ether oxygens (including phenoxy) is 1. The lowest BCUT2D eigenvalue weighted by Crippen LogP contribution is -1.97. The van der Waals surface area contributed by atoms with E-state index in [2.05, 4.69) is 13.8 Å². The van der Waals surface area contributed by atoms with E-state index in [0.29, 0.717) is 11.3 Å². The molecule has 0 amide bonds. The molecule has 2 aromatic rings. The van der Waals surface area contributed by atoms with Gasteiger partial charge < -0.3 is 4.74 Å². The summed E-state index contributed by atoms with van der Waals surface area (Å²) in [5.41, 5.74) is 4.98. The maximum Gasteiger partial charge on any atom is 0.343 e. The van der Waals surface area contributed by atoms with Crippen LogP contribution in [0.25, 0.3) is 11.8 Å². The number of rotatable bonds is 2. The minimum atomic E-state index is -0.288. The molecule has 0 fully saturated rings. The monoisotopic (exact) mass is 282 g/mol. The predicted octanol–water partition coefficient (Wildman–Crippen LogP) is 4.35. The van der Waals surface area contributed by atoms with Gasteiger partial charge in [0.15, 0.2) is 0 Å². The van der Waals surface area contributed by atoms with Crippen LogP contribution < -0.4 is 0 Å². The van der Waals surface area contributed by atoms with Crippen LogP contribution >= 0.6 is 11.3 Å². The van der Waals surface area contributed by atoms with E-state index in [1.807, 2.05) is 47.2 Å². The highest BCUT2D eigenvalue weighted by molar-refractivity contribution is 7.08. The lowest BCUT2D eigenvalue weighted by Gasteiger charge is -2.05. The van der Waals surface area contributed by atoms with E-state index in [9.17, 15) is 4.79 Å². The fourth-order valence-electron chi connectivity index (χ4n) is 2.06. The first kappa shape index (κ1) is 12.9. The van der Waals surface area contributed by atoms with Gasteiger partial charge in [0.05, 0.1) is 5.57 Å². The third-order valence-corrected chi connectivity index (χ3v) is 4.08. The number of esters is 1. The molecule has 0 aliphatic carbocycles. The zero-order valence-corrected chi connectivity index (χ0v) is 12.2. The molecule has 3 rings (SSSR count). The lowest BCUT2D eigenvalue weighted by atomic mass is 10.0. The standard InChI is InChI=1S/C17H14O2S/c1-11-3-4-14(7-12(11)2)16-9-15(17(18)19-16)8-13-5-6-20-10-13/h3-10H,1-2H3. The molecule has 1 aromatic heterocycles. The second kappa shape index (κ2) is 5.10. The SMILES string of the molecule is Cc1ccc(C2=CC(=Cc3ccsc3)C(=O)O2)cc1C. The van der Waals surface area contributed by atoms with Crippen LogP contribution in [0.5, 0.6) is 0 Å². The number of thiophene rings is 1. The van der Waals surface area contributed by atoms with Gasteiger partial charge in [0, 0.05) is 5.56 Å². The summed E-state index contributed by atoms with van der Waals surface area (Å²) in [6.07, 6.45) is 3.66. The van der Waals surface area contributed by atoms with E-state index in [0.717, 1.165) is 11.1 Å². The highest BCUT2D eigenvalue weighted by Gasteiger charge is 2.22. The van der Waals surface area contributed by atoms with Gasteiger partial charge in [-0.1, -0.05) is 12.1 Å². The van der Waals surface area contributed by atoms with Crippen LogP contribution in [0.3, 0.4) is 0 Å². The maximum absolute atomic E-state index is 11.9. The molecule has 20 heavy (non-hydrogen) atoms. The largest absolute Gasteiger partial charge is 0.422 e. The Kier molecular flexibility index (Phi) is 3.28. The summed E-state index contributed by atoms with van der Waals surface area (Å²) in [7, 11) is 0. The minimum absolute atomic E-state index is 0.288. The number of cyclic esters (lactones) is 1. The normalized spacial score (nSPS) is 16.4. The Morgan fingerprint density at radius 3 is 2.70 bits per heavy atom.